The molecule has 146 valence electrons. The fourth-order valence-corrected chi connectivity index (χ4v) is 3.25. The molecule has 0 atom stereocenters. The molecule has 1 aliphatic rings. The lowest BCUT2D eigenvalue weighted by molar-refractivity contribution is 0.0946. The van der Waals surface area contributed by atoms with Crippen molar-refractivity contribution in [2.75, 3.05) is 6.54 Å². The van der Waals surface area contributed by atoms with Crippen molar-refractivity contribution in [1.82, 2.24) is 15.6 Å². The van der Waals surface area contributed by atoms with E-state index in [0.29, 0.717) is 18.7 Å². The molecule has 3 rings (SSSR count). The maximum absolute atomic E-state index is 12.4. The Kier molecular flexibility index (Phi) is 6.95. The largest absolute Gasteiger partial charge is 0.352 e. The molecule has 2 N–H and O–H groups in total. The van der Waals surface area contributed by atoms with Crippen LogP contribution in [0.1, 0.15) is 64.1 Å². The normalized spacial score (nSPS) is 13.5. The number of benzene rings is 1. The van der Waals surface area contributed by atoms with Gasteiger partial charge >= 0.3 is 0 Å². The molecule has 0 bridgehead atoms. The van der Waals surface area contributed by atoms with E-state index in [9.17, 15) is 9.59 Å². The van der Waals surface area contributed by atoms with Crippen LogP contribution in [0.15, 0.2) is 54.2 Å². The van der Waals surface area contributed by atoms with Crippen molar-refractivity contribution in [3.8, 4) is 0 Å². The SMILES string of the molecule is Cc1ccc(CNC(=O)c2cc(C(=O)NCCC3=CCCCC3)ccn2)cc1. The first kappa shape index (κ1) is 19.8. The zero-order valence-electron chi connectivity index (χ0n) is 16.3. The van der Waals surface area contributed by atoms with Crippen LogP contribution < -0.4 is 10.6 Å². The van der Waals surface area contributed by atoms with Crippen molar-refractivity contribution in [1.29, 1.82) is 0 Å². The second-order valence-electron chi connectivity index (χ2n) is 7.21. The number of hydrogen-bond acceptors (Lipinski definition) is 3. The van der Waals surface area contributed by atoms with E-state index in [-0.39, 0.29) is 17.5 Å². The average Bonchev–Trinajstić information content (AvgIpc) is 2.74. The second-order valence-corrected chi connectivity index (χ2v) is 7.21. The highest BCUT2D eigenvalue weighted by Crippen LogP contribution is 2.19. The number of rotatable bonds is 7. The van der Waals surface area contributed by atoms with Gasteiger partial charge in [0.2, 0.25) is 0 Å². The highest BCUT2D eigenvalue weighted by Gasteiger charge is 2.12. The number of carbonyl (C=O) groups is 2. The summed E-state index contributed by atoms with van der Waals surface area (Å²) in [5, 5.41) is 5.78. The average molecular weight is 377 g/mol. The number of aromatic nitrogens is 1. The second kappa shape index (κ2) is 9.83. The van der Waals surface area contributed by atoms with Crippen molar-refractivity contribution in [2.24, 2.45) is 0 Å². The number of hydrogen-bond donors (Lipinski definition) is 2. The van der Waals surface area contributed by atoms with Crippen molar-refractivity contribution in [3.05, 3.63) is 76.6 Å². The van der Waals surface area contributed by atoms with E-state index in [1.807, 2.05) is 31.2 Å². The molecule has 2 amide bonds. The molecule has 1 aromatic heterocycles. The predicted molar refractivity (Wildman–Crippen MR) is 110 cm³/mol. The Morgan fingerprint density at radius 1 is 1.04 bits per heavy atom. The minimum atomic E-state index is -0.289. The Morgan fingerprint density at radius 2 is 1.86 bits per heavy atom. The van der Waals surface area contributed by atoms with Crippen molar-refractivity contribution in [3.63, 3.8) is 0 Å². The molecule has 1 aliphatic carbocycles. The van der Waals surface area contributed by atoms with Gasteiger partial charge in [-0.25, -0.2) is 0 Å². The van der Waals surface area contributed by atoms with Crippen LogP contribution in [0.5, 0.6) is 0 Å². The standard InChI is InChI=1S/C23H27N3O2/c1-17-7-9-19(10-8-17)16-26-23(28)21-15-20(12-14-24-21)22(27)25-13-11-18-5-3-2-4-6-18/h5,7-10,12,14-15H,2-4,6,11,13,16H2,1H3,(H,25,27)(H,26,28). The zero-order valence-corrected chi connectivity index (χ0v) is 16.3. The van der Waals surface area contributed by atoms with Crippen LogP contribution in [0.3, 0.4) is 0 Å². The third-order valence-electron chi connectivity index (χ3n) is 4.95. The quantitative estimate of drug-likeness (QED) is 0.718. The van der Waals surface area contributed by atoms with Gasteiger partial charge in [0.05, 0.1) is 0 Å². The van der Waals surface area contributed by atoms with Gasteiger partial charge in [-0.2, -0.15) is 0 Å². The smallest absolute Gasteiger partial charge is 0.270 e. The van der Waals surface area contributed by atoms with E-state index in [4.69, 9.17) is 0 Å². The van der Waals surface area contributed by atoms with E-state index in [1.165, 1.54) is 30.2 Å². The van der Waals surface area contributed by atoms with Crippen LogP contribution in [-0.4, -0.2) is 23.3 Å². The molecule has 1 heterocycles. The van der Waals surface area contributed by atoms with Crippen molar-refractivity contribution in [2.45, 2.75) is 45.6 Å². The lowest BCUT2D eigenvalue weighted by atomic mass is 9.97. The minimum absolute atomic E-state index is 0.175. The molecular weight excluding hydrogens is 350 g/mol. The van der Waals surface area contributed by atoms with Gasteiger partial charge in [0.15, 0.2) is 0 Å². The van der Waals surface area contributed by atoms with E-state index in [1.54, 1.807) is 12.1 Å². The predicted octanol–water partition coefficient (Wildman–Crippen LogP) is 3.94. The molecule has 0 fully saturated rings. The molecule has 0 saturated carbocycles. The summed E-state index contributed by atoms with van der Waals surface area (Å²) in [6.45, 7) is 3.06. The fourth-order valence-electron chi connectivity index (χ4n) is 3.25. The number of nitrogens with zero attached hydrogens (tertiary/aromatic N) is 1. The molecular formula is C23H27N3O2. The summed E-state index contributed by atoms with van der Waals surface area (Å²) in [6.07, 6.45) is 9.47. The van der Waals surface area contributed by atoms with Crippen LogP contribution in [0, 0.1) is 6.92 Å². The van der Waals surface area contributed by atoms with Crippen molar-refractivity contribution >= 4 is 11.8 Å². The van der Waals surface area contributed by atoms with Gasteiger partial charge in [-0.05, 0) is 56.7 Å². The highest BCUT2D eigenvalue weighted by atomic mass is 16.2. The first-order valence-corrected chi connectivity index (χ1v) is 9.88. The summed E-state index contributed by atoms with van der Waals surface area (Å²) in [5.74, 6) is -0.464. The van der Waals surface area contributed by atoms with Crippen LogP contribution in [0.4, 0.5) is 0 Å². The first-order chi connectivity index (χ1) is 13.6. The van der Waals surface area contributed by atoms with Crippen LogP contribution in [0.2, 0.25) is 0 Å². The topological polar surface area (TPSA) is 71.1 Å². The fraction of sp³-hybridized carbons (Fsp3) is 0.348. The summed E-state index contributed by atoms with van der Waals surface area (Å²) in [5.41, 5.74) is 4.32. The van der Waals surface area contributed by atoms with E-state index >= 15 is 0 Å². The summed E-state index contributed by atoms with van der Waals surface area (Å²) >= 11 is 0. The maximum atomic E-state index is 12.4. The molecule has 28 heavy (non-hydrogen) atoms. The number of nitrogens with one attached hydrogen (secondary N) is 2. The van der Waals surface area contributed by atoms with Gasteiger partial charge in [0.1, 0.15) is 5.69 Å². The summed E-state index contributed by atoms with van der Waals surface area (Å²) in [4.78, 5) is 28.9. The van der Waals surface area contributed by atoms with Gasteiger partial charge in [-0.3, -0.25) is 14.6 Å². The third-order valence-corrected chi connectivity index (χ3v) is 4.95. The van der Waals surface area contributed by atoms with Crippen molar-refractivity contribution < 1.29 is 9.59 Å². The lowest BCUT2D eigenvalue weighted by Gasteiger charge is -2.13. The number of pyridine rings is 1. The van der Waals surface area contributed by atoms with Gasteiger partial charge in [-0.1, -0.05) is 41.5 Å². The summed E-state index contributed by atoms with van der Waals surface area (Å²) in [6, 6.07) is 11.1. The van der Waals surface area contributed by atoms with Gasteiger partial charge in [0, 0.05) is 24.8 Å². The number of aryl methyl sites for hydroxylation is 1. The Bertz CT molecular complexity index is 856. The van der Waals surface area contributed by atoms with Gasteiger partial charge in [-0.15, -0.1) is 0 Å². The van der Waals surface area contributed by atoms with E-state index in [2.05, 4.69) is 21.7 Å². The molecule has 0 aliphatic heterocycles. The molecule has 0 saturated heterocycles. The summed E-state index contributed by atoms with van der Waals surface area (Å²) in [7, 11) is 0. The van der Waals surface area contributed by atoms with Crippen LogP contribution in [0.25, 0.3) is 0 Å². The maximum Gasteiger partial charge on any atom is 0.270 e. The Labute approximate surface area is 166 Å². The molecule has 0 unspecified atom stereocenters. The Hall–Kier alpha value is -2.95. The lowest BCUT2D eigenvalue weighted by Crippen LogP contribution is -2.27. The monoisotopic (exact) mass is 377 g/mol. The van der Waals surface area contributed by atoms with Gasteiger partial charge < -0.3 is 10.6 Å². The minimum Gasteiger partial charge on any atom is -0.352 e. The number of allylic oxidation sites excluding steroid dienone is 1. The Balaban J connectivity index is 1.51. The Morgan fingerprint density at radius 3 is 2.61 bits per heavy atom. The molecule has 5 nitrogen and oxygen atoms in total. The third kappa shape index (κ3) is 5.78. The van der Waals surface area contributed by atoms with Gasteiger partial charge in [0.25, 0.3) is 11.8 Å². The molecule has 1 aromatic carbocycles. The first-order valence-electron chi connectivity index (χ1n) is 9.88. The van der Waals surface area contributed by atoms with Crippen LogP contribution >= 0.6 is 0 Å². The molecule has 0 spiro atoms. The number of amides is 2. The molecule has 0 radical (unpaired) electrons. The molecule has 2 aromatic rings. The van der Waals surface area contributed by atoms with E-state index in [0.717, 1.165) is 24.8 Å². The number of carbonyl (C=O) groups excluding carboxylic acids is 2. The summed E-state index contributed by atoms with van der Waals surface area (Å²) < 4.78 is 0. The van der Waals surface area contributed by atoms with Crippen LogP contribution in [-0.2, 0) is 6.54 Å². The zero-order chi connectivity index (χ0) is 19.8. The highest BCUT2D eigenvalue weighted by molar-refractivity contribution is 5.98. The molecule has 5 heteroatoms. The van der Waals surface area contributed by atoms with E-state index < -0.39 is 0 Å².